The van der Waals surface area contributed by atoms with E-state index in [9.17, 15) is 19.0 Å². The number of phenols is 2. The van der Waals surface area contributed by atoms with Gasteiger partial charge >= 0.3 is 11.8 Å². The van der Waals surface area contributed by atoms with Crippen LogP contribution in [0.15, 0.2) is 60.7 Å². The minimum Gasteiger partial charge on any atom is -0.508 e. The topological polar surface area (TPSA) is 40.5 Å². The van der Waals surface area contributed by atoms with Gasteiger partial charge in [0.15, 0.2) is 0 Å². The summed E-state index contributed by atoms with van der Waals surface area (Å²) in [5.74, 6) is -10.0. The SMILES string of the molecule is CC1(F)C=CC(F)(F)C(F)(F)C1(c1ccc(O)cc1)c1ccc(O)cc1. The molecule has 0 bridgehead atoms. The van der Waals surface area contributed by atoms with Crippen LogP contribution in [-0.4, -0.2) is 27.7 Å². The zero-order valence-electron chi connectivity index (χ0n) is 13.6. The zero-order chi connectivity index (χ0) is 19.4. The predicted octanol–water partition coefficient (Wildman–Crippen LogP) is 4.95. The molecule has 0 heterocycles. The van der Waals surface area contributed by atoms with Crippen molar-refractivity contribution in [1.29, 1.82) is 0 Å². The molecule has 0 amide bonds. The van der Waals surface area contributed by atoms with Crippen molar-refractivity contribution < 1.29 is 32.2 Å². The molecule has 2 nitrogen and oxygen atoms in total. The molecule has 2 aromatic rings. The van der Waals surface area contributed by atoms with E-state index < -0.39 is 34.1 Å². The molecule has 0 saturated carbocycles. The number of phenolic OH excluding ortho intramolecular Hbond substituents is 2. The maximum atomic E-state index is 15.6. The van der Waals surface area contributed by atoms with E-state index in [0.717, 1.165) is 55.5 Å². The summed E-state index contributed by atoms with van der Waals surface area (Å²) in [6, 6.07) is 8.07. The van der Waals surface area contributed by atoms with Crippen LogP contribution in [0.3, 0.4) is 0 Å². The van der Waals surface area contributed by atoms with Crippen molar-refractivity contribution in [1.82, 2.24) is 0 Å². The van der Waals surface area contributed by atoms with Crippen molar-refractivity contribution in [2.24, 2.45) is 0 Å². The standard InChI is InChI=1S/C19H15F5O2/c1-16(20)10-11-17(21,22)19(23,24)18(16,12-2-6-14(25)7-3-12)13-4-8-15(26)9-5-13/h2-11,25-26H,1H3. The fourth-order valence-electron chi connectivity index (χ4n) is 3.56. The Morgan fingerprint density at radius 2 is 1.04 bits per heavy atom. The average Bonchev–Trinajstić information content (AvgIpc) is 2.55. The predicted molar refractivity (Wildman–Crippen MR) is 85.5 cm³/mol. The van der Waals surface area contributed by atoms with Gasteiger partial charge in [-0.2, -0.15) is 17.6 Å². The van der Waals surface area contributed by atoms with Gasteiger partial charge in [0, 0.05) is 0 Å². The lowest BCUT2D eigenvalue weighted by atomic mass is 9.57. The smallest absolute Gasteiger partial charge is 0.330 e. The molecular formula is C19H15F5O2. The highest BCUT2D eigenvalue weighted by atomic mass is 19.3. The van der Waals surface area contributed by atoms with Gasteiger partial charge in [-0.15, -0.1) is 0 Å². The van der Waals surface area contributed by atoms with E-state index in [1.807, 2.05) is 0 Å². The van der Waals surface area contributed by atoms with E-state index in [1.54, 1.807) is 0 Å². The van der Waals surface area contributed by atoms with Crippen LogP contribution >= 0.6 is 0 Å². The van der Waals surface area contributed by atoms with Crippen LogP contribution in [0.1, 0.15) is 18.1 Å². The van der Waals surface area contributed by atoms with Crippen molar-refractivity contribution in [2.75, 3.05) is 0 Å². The molecule has 1 unspecified atom stereocenters. The van der Waals surface area contributed by atoms with Gasteiger partial charge in [0.25, 0.3) is 0 Å². The normalized spacial score (nSPS) is 25.8. The van der Waals surface area contributed by atoms with Crippen LogP contribution in [0, 0.1) is 0 Å². The summed E-state index contributed by atoms with van der Waals surface area (Å²) in [6.07, 6.45) is 0.316. The van der Waals surface area contributed by atoms with Crippen LogP contribution in [0.5, 0.6) is 11.5 Å². The molecule has 2 aromatic carbocycles. The second-order valence-electron chi connectivity index (χ2n) is 6.45. The van der Waals surface area contributed by atoms with Crippen molar-refractivity contribution in [3.63, 3.8) is 0 Å². The van der Waals surface area contributed by atoms with Crippen LogP contribution in [0.25, 0.3) is 0 Å². The molecule has 138 valence electrons. The quantitative estimate of drug-likeness (QED) is 0.580. The molecule has 0 radical (unpaired) electrons. The second kappa shape index (κ2) is 5.46. The number of rotatable bonds is 2. The summed E-state index contributed by atoms with van der Waals surface area (Å²) in [7, 11) is 0. The molecule has 1 aliphatic carbocycles. The Labute approximate surface area is 146 Å². The summed E-state index contributed by atoms with van der Waals surface area (Å²) in [6.45, 7) is 0.798. The second-order valence-corrected chi connectivity index (χ2v) is 6.45. The highest BCUT2D eigenvalue weighted by Crippen LogP contribution is 2.62. The van der Waals surface area contributed by atoms with Gasteiger partial charge in [0.05, 0.1) is 0 Å². The van der Waals surface area contributed by atoms with E-state index in [1.165, 1.54) is 0 Å². The molecule has 0 aliphatic heterocycles. The lowest BCUT2D eigenvalue weighted by Gasteiger charge is -2.52. The summed E-state index contributed by atoms with van der Waals surface area (Å²) in [5.41, 5.74) is -6.84. The Hall–Kier alpha value is -2.57. The summed E-state index contributed by atoms with van der Waals surface area (Å²) >= 11 is 0. The molecular weight excluding hydrogens is 355 g/mol. The number of benzene rings is 2. The molecule has 0 saturated heterocycles. The third kappa shape index (κ3) is 2.22. The molecule has 26 heavy (non-hydrogen) atoms. The first-order valence-electron chi connectivity index (χ1n) is 7.70. The van der Waals surface area contributed by atoms with Crippen LogP contribution in [0.4, 0.5) is 22.0 Å². The van der Waals surface area contributed by atoms with Crippen LogP contribution in [0.2, 0.25) is 0 Å². The first-order chi connectivity index (χ1) is 12.0. The summed E-state index contributed by atoms with van der Waals surface area (Å²) in [4.78, 5) is 0. The third-order valence-corrected chi connectivity index (χ3v) is 4.83. The first-order valence-corrected chi connectivity index (χ1v) is 7.70. The first kappa shape index (κ1) is 18.2. The number of hydrogen-bond acceptors (Lipinski definition) is 2. The Morgan fingerprint density at radius 1 is 0.654 bits per heavy atom. The van der Waals surface area contributed by atoms with Crippen LogP contribution in [-0.2, 0) is 5.41 Å². The minimum absolute atomic E-state index is 0.119. The monoisotopic (exact) mass is 370 g/mol. The number of halogens is 5. The van der Waals surface area contributed by atoms with Gasteiger partial charge < -0.3 is 10.2 Å². The fourth-order valence-corrected chi connectivity index (χ4v) is 3.56. The molecule has 1 atom stereocenters. The van der Waals surface area contributed by atoms with Crippen molar-refractivity contribution in [3.8, 4) is 11.5 Å². The maximum Gasteiger partial charge on any atom is 0.330 e. The summed E-state index contributed by atoms with van der Waals surface area (Å²) in [5, 5.41) is 18.9. The van der Waals surface area contributed by atoms with E-state index in [0.29, 0.717) is 6.08 Å². The van der Waals surface area contributed by atoms with Crippen molar-refractivity contribution in [2.45, 2.75) is 29.9 Å². The Kier molecular flexibility index (Phi) is 3.83. The van der Waals surface area contributed by atoms with Gasteiger partial charge in [0.2, 0.25) is 0 Å². The van der Waals surface area contributed by atoms with E-state index in [4.69, 9.17) is 0 Å². The highest BCUT2D eigenvalue weighted by Gasteiger charge is 2.77. The largest absolute Gasteiger partial charge is 0.508 e. The zero-order valence-corrected chi connectivity index (χ0v) is 13.6. The number of alkyl halides is 5. The molecule has 0 spiro atoms. The molecule has 0 fully saturated rings. The molecule has 7 heteroatoms. The van der Waals surface area contributed by atoms with E-state index in [-0.39, 0.29) is 17.6 Å². The van der Waals surface area contributed by atoms with Gasteiger partial charge in [-0.05, 0) is 54.5 Å². The molecule has 1 aliphatic rings. The van der Waals surface area contributed by atoms with E-state index >= 15 is 13.2 Å². The van der Waals surface area contributed by atoms with Gasteiger partial charge in [-0.3, -0.25) is 0 Å². The molecule has 3 rings (SSSR count). The Bertz CT molecular complexity index is 794. The third-order valence-electron chi connectivity index (χ3n) is 4.83. The number of aromatic hydroxyl groups is 2. The lowest BCUT2D eigenvalue weighted by Crippen LogP contribution is -2.67. The van der Waals surface area contributed by atoms with E-state index in [2.05, 4.69) is 0 Å². The Balaban J connectivity index is 2.45. The van der Waals surface area contributed by atoms with Gasteiger partial charge in [-0.25, -0.2) is 4.39 Å². The number of hydrogen-bond donors (Lipinski definition) is 2. The average molecular weight is 370 g/mol. The maximum absolute atomic E-state index is 15.6. The van der Waals surface area contributed by atoms with Crippen molar-refractivity contribution in [3.05, 3.63) is 71.8 Å². The van der Waals surface area contributed by atoms with Crippen molar-refractivity contribution >= 4 is 0 Å². The fraction of sp³-hybridized carbons (Fsp3) is 0.263. The lowest BCUT2D eigenvalue weighted by molar-refractivity contribution is -0.239. The summed E-state index contributed by atoms with van der Waals surface area (Å²) < 4.78 is 74.5. The minimum atomic E-state index is -4.84. The highest BCUT2D eigenvalue weighted by molar-refractivity contribution is 5.53. The molecule has 0 aromatic heterocycles. The Morgan fingerprint density at radius 3 is 1.42 bits per heavy atom. The number of allylic oxidation sites excluding steroid dienone is 2. The molecule has 2 N–H and O–H groups in total. The van der Waals surface area contributed by atoms with Crippen LogP contribution < -0.4 is 0 Å². The van der Waals surface area contributed by atoms with Gasteiger partial charge in [0.1, 0.15) is 22.6 Å². The van der Waals surface area contributed by atoms with Gasteiger partial charge in [-0.1, -0.05) is 24.3 Å².